The minimum absolute atomic E-state index is 0.188. The molecule has 1 rings (SSSR count). The van der Waals surface area contributed by atoms with Crippen LogP contribution in [0.15, 0.2) is 30.3 Å². The molecule has 0 fully saturated rings. The van der Waals surface area contributed by atoms with Crippen LogP contribution in [0.2, 0.25) is 0 Å². The van der Waals surface area contributed by atoms with Crippen molar-refractivity contribution in [3.63, 3.8) is 0 Å². The lowest BCUT2D eigenvalue weighted by atomic mass is 10.1. The molecule has 20 heavy (non-hydrogen) atoms. The molecule has 0 aromatic heterocycles. The highest BCUT2D eigenvalue weighted by Crippen LogP contribution is 2.14. The van der Waals surface area contributed by atoms with E-state index in [1.54, 1.807) is 0 Å². The normalized spacial score (nSPS) is 12.1. The number of nitrogens with one attached hydrogen (secondary N) is 1. The molecule has 1 N–H and O–H groups in total. The number of hydrogen-bond acceptors (Lipinski definition) is 3. The van der Waals surface area contributed by atoms with E-state index in [1.165, 1.54) is 25.7 Å². The molecule has 1 aromatic carbocycles. The van der Waals surface area contributed by atoms with Crippen LogP contribution in [-0.4, -0.2) is 19.1 Å². The average molecular weight is 277 g/mol. The quantitative estimate of drug-likeness (QED) is 0.521. The molecule has 3 heteroatoms. The van der Waals surface area contributed by atoms with Gasteiger partial charge in [-0.1, -0.05) is 62.9 Å². The number of rotatable bonds is 10. The van der Waals surface area contributed by atoms with E-state index in [0.717, 1.165) is 18.5 Å². The molecule has 0 radical (unpaired) electrons. The minimum atomic E-state index is -0.345. The van der Waals surface area contributed by atoms with Crippen LogP contribution in [0.4, 0.5) is 0 Å². The van der Waals surface area contributed by atoms with Gasteiger partial charge in [-0.15, -0.1) is 0 Å². The predicted octanol–water partition coefficient (Wildman–Crippen LogP) is 3.85. The van der Waals surface area contributed by atoms with Crippen molar-refractivity contribution in [2.24, 2.45) is 0 Å². The van der Waals surface area contributed by atoms with Gasteiger partial charge < -0.3 is 10.1 Å². The molecule has 1 aromatic rings. The first-order valence-electron chi connectivity index (χ1n) is 7.74. The molecule has 112 valence electrons. The fourth-order valence-electron chi connectivity index (χ4n) is 2.18. The van der Waals surface area contributed by atoms with Crippen molar-refractivity contribution in [1.29, 1.82) is 0 Å². The number of carbonyl (C=O) groups is 1. The smallest absolute Gasteiger partial charge is 0.327 e. The number of hydrogen-bond donors (Lipinski definition) is 1. The second-order valence-electron chi connectivity index (χ2n) is 4.96. The van der Waals surface area contributed by atoms with Gasteiger partial charge in [0.15, 0.2) is 0 Å². The predicted molar refractivity (Wildman–Crippen MR) is 82.6 cm³/mol. The highest BCUT2D eigenvalue weighted by atomic mass is 16.5. The molecule has 0 saturated heterocycles. The van der Waals surface area contributed by atoms with Crippen molar-refractivity contribution >= 4 is 5.97 Å². The molecule has 0 bridgehead atoms. The number of unbranched alkanes of at least 4 members (excludes halogenated alkanes) is 4. The highest BCUT2D eigenvalue weighted by Gasteiger charge is 2.20. The molecule has 0 amide bonds. The van der Waals surface area contributed by atoms with Gasteiger partial charge in [0.25, 0.3) is 0 Å². The summed E-state index contributed by atoms with van der Waals surface area (Å²) >= 11 is 0. The molecule has 0 aliphatic rings. The molecule has 0 saturated carbocycles. The maximum absolute atomic E-state index is 12.0. The Morgan fingerprint density at radius 1 is 1.10 bits per heavy atom. The Morgan fingerprint density at radius 3 is 2.45 bits per heavy atom. The van der Waals surface area contributed by atoms with Crippen LogP contribution in [0.3, 0.4) is 0 Å². The molecule has 0 spiro atoms. The Kier molecular flexibility index (Phi) is 8.72. The van der Waals surface area contributed by atoms with Crippen molar-refractivity contribution in [3.8, 4) is 0 Å². The third-order valence-corrected chi connectivity index (χ3v) is 3.28. The number of benzene rings is 1. The Hall–Kier alpha value is -1.35. The summed E-state index contributed by atoms with van der Waals surface area (Å²) in [6.07, 6.45) is 6.13. The molecular weight excluding hydrogens is 250 g/mol. The maximum atomic E-state index is 12.0. The Balaban J connectivity index is 2.45. The fourth-order valence-corrected chi connectivity index (χ4v) is 2.18. The van der Waals surface area contributed by atoms with E-state index in [-0.39, 0.29) is 12.0 Å². The Morgan fingerprint density at radius 2 is 1.80 bits per heavy atom. The van der Waals surface area contributed by atoms with Gasteiger partial charge >= 0.3 is 5.97 Å². The molecular formula is C17H27NO2. The summed E-state index contributed by atoms with van der Waals surface area (Å²) in [5.74, 6) is -0.188. The van der Waals surface area contributed by atoms with Crippen molar-refractivity contribution in [1.82, 2.24) is 5.32 Å². The van der Waals surface area contributed by atoms with Crippen molar-refractivity contribution in [2.45, 2.75) is 52.0 Å². The van der Waals surface area contributed by atoms with Crippen LogP contribution in [0, 0.1) is 0 Å². The maximum Gasteiger partial charge on any atom is 0.327 e. The monoisotopic (exact) mass is 277 g/mol. The van der Waals surface area contributed by atoms with Crippen molar-refractivity contribution in [3.05, 3.63) is 35.9 Å². The zero-order chi connectivity index (χ0) is 14.6. The van der Waals surface area contributed by atoms with Gasteiger partial charge in [-0.25, -0.2) is 4.79 Å². The largest absolute Gasteiger partial charge is 0.465 e. The average Bonchev–Trinajstić information content (AvgIpc) is 2.47. The van der Waals surface area contributed by atoms with Gasteiger partial charge in [-0.2, -0.15) is 0 Å². The first-order valence-corrected chi connectivity index (χ1v) is 7.74. The van der Waals surface area contributed by atoms with Gasteiger partial charge in [0, 0.05) is 0 Å². The first-order chi connectivity index (χ1) is 9.79. The summed E-state index contributed by atoms with van der Waals surface area (Å²) in [7, 11) is 0. The van der Waals surface area contributed by atoms with Crippen LogP contribution in [0.25, 0.3) is 0 Å². The molecule has 0 aliphatic heterocycles. The summed E-state index contributed by atoms with van der Waals surface area (Å²) in [5.41, 5.74) is 0.972. The van der Waals surface area contributed by atoms with Crippen molar-refractivity contribution < 1.29 is 9.53 Å². The number of ether oxygens (including phenoxy) is 1. The van der Waals surface area contributed by atoms with E-state index in [1.807, 2.05) is 37.3 Å². The van der Waals surface area contributed by atoms with Gasteiger partial charge in [0.1, 0.15) is 6.04 Å². The van der Waals surface area contributed by atoms with E-state index in [2.05, 4.69) is 12.2 Å². The topological polar surface area (TPSA) is 38.3 Å². The third kappa shape index (κ3) is 6.20. The molecule has 3 nitrogen and oxygen atoms in total. The van der Waals surface area contributed by atoms with Gasteiger partial charge in [-0.05, 0) is 25.5 Å². The Labute approximate surface area is 122 Å². The Bertz CT molecular complexity index is 365. The van der Waals surface area contributed by atoms with E-state index >= 15 is 0 Å². The van der Waals surface area contributed by atoms with E-state index in [9.17, 15) is 4.79 Å². The van der Waals surface area contributed by atoms with Gasteiger partial charge in [0.2, 0.25) is 0 Å². The molecule has 1 unspecified atom stereocenters. The summed E-state index contributed by atoms with van der Waals surface area (Å²) in [5, 5.41) is 3.32. The lowest BCUT2D eigenvalue weighted by Crippen LogP contribution is -2.31. The highest BCUT2D eigenvalue weighted by molar-refractivity contribution is 5.77. The second-order valence-corrected chi connectivity index (χ2v) is 4.96. The number of esters is 1. The van der Waals surface area contributed by atoms with E-state index in [4.69, 9.17) is 4.74 Å². The number of carbonyl (C=O) groups excluding carboxylic acids is 1. The van der Waals surface area contributed by atoms with Crippen LogP contribution < -0.4 is 5.32 Å². The standard InChI is InChI=1S/C17H27NO2/c1-3-5-6-7-11-14-18-16(17(19)20-4-2)15-12-9-8-10-13-15/h8-10,12-13,16,18H,3-7,11,14H2,1-2H3. The summed E-state index contributed by atoms with van der Waals surface area (Å²) in [6.45, 7) is 5.32. The summed E-state index contributed by atoms with van der Waals surface area (Å²) in [4.78, 5) is 12.0. The lowest BCUT2D eigenvalue weighted by Gasteiger charge is -2.17. The zero-order valence-corrected chi connectivity index (χ0v) is 12.7. The van der Waals surface area contributed by atoms with Gasteiger partial charge in [-0.3, -0.25) is 0 Å². The molecule has 0 heterocycles. The van der Waals surface area contributed by atoms with E-state index < -0.39 is 0 Å². The summed E-state index contributed by atoms with van der Waals surface area (Å²) in [6, 6.07) is 9.44. The molecule has 1 atom stereocenters. The third-order valence-electron chi connectivity index (χ3n) is 3.28. The lowest BCUT2D eigenvalue weighted by molar-refractivity contribution is -0.145. The SMILES string of the molecule is CCCCCCCNC(C(=O)OCC)c1ccccc1. The van der Waals surface area contributed by atoms with Crippen molar-refractivity contribution in [2.75, 3.05) is 13.2 Å². The first kappa shape index (κ1) is 16.7. The summed E-state index contributed by atoms with van der Waals surface area (Å²) < 4.78 is 5.15. The van der Waals surface area contributed by atoms with E-state index in [0.29, 0.717) is 6.61 Å². The zero-order valence-electron chi connectivity index (χ0n) is 12.7. The fraction of sp³-hybridized carbons (Fsp3) is 0.588. The molecule has 0 aliphatic carbocycles. The van der Waals surface area contributed by atoms with Crippen LogP contribution in [0.5, 0.6) is 0 Å². The second kappa shape index (κ2) is 10.4. The van der Waals surface area contributed by atoms with Crippen LogP contribution >= 0.6 is 0 Å². The van der Waals surface area contributed by atoms with Crippen LogP contribution in [-0.2, 0) is 9.53 Å². The minimum Gasteiger partial charge on any atom is -0.465 e. The van der Waals surface area contributed by atoms with Crippen LogP contribution in [0.1, 0.15) is 57.6 Å². The van der Waals surface area contributed by atoms with Gasteiger partial charge in [0.05, 0.1) is 6.61 Å².